The highest BCUT2D eigenvalue weighted by atomic mass is 32.2. The molecule has 3 atom stereocenters. The Morgan fingerprint density at radius 2 is 2.23 bits per heavy atom. The second kappa shape index (κ2) is 6.29. The fourth-order valence-corrected chi connectivity index (χ4v) is 5.83. The molecule has 2 saturated heterocycles. The van der Waals surface area contributed by atoms with Crippen LogP contribution in [-0.2, 0) is 21.3 Å². The van der Waals surface area contributed by atoms with Gasteiger partial charge in [0.15, 0.2) is 0 Å². The maximum atomic E-state index is 13.0. The van der Waals surface area contributed by atoms with Crippen molar-refractivity contribution in [1.29, 1.82) is 0 Å². The Hall–Kier alpha value is -0.920. The van der Waals surface area contributed by atoms with Gasteiger partial charge in [-0.15, -0.1) is 0 Å². The zero-order valence-corrected chi connectivity index (χ0v) is 14.1. The number of rotatable bonds is 4. The van der Waals surface area contributed by atoms with Crippen LogP contribution in [0.2, 0.25) is 0 Å². The van der Waals surface area contributed by atoms with Gasteiger partial charge < -0.3 is 9.30 Å². The molecule has 124 valence electrons. The quantitative estimate of drug-likeness (QED) is 0.842. The lowest BCUT2D eigenvalue weighted by molar-refractivity contribution is 0.0292. The predicted molar refractivity (Wildman–Crippen MR) is 84.0 cm³/mol. The predicted octanol–water partition coefficient (Wildman–Crippen LogP) is 1.55. The lowest BCUT2D eigenvalue weighted by atomic mass is 10.1. The summed E-state index contributed by atoms with van der Waals surface area (Å²) in [7, 11) is -3.24. The van der Waals surface area contributed by atoms with Gasteiger partial charge in [0.25, 0.3) is 0 Å². The molecule has 0 N–H and O–H groups in total. The Labute approximate surface area is 132 Å². The fourth-order valence-electron chi connectivity index (χ4n) is 3.57. The number of nitrogens with zero attached hydrogens (tertiary/aromatic N) is 3. The van der Waals surface area contributed by atoms with Crippen molar-refractivity contribution >= 4 is 10.0 Å². The molecule has 2 aliphatic rings. The minimum absolute atomic E-state index is 0.0328. The molecular weight excluding hydrogens is 302 g/mol. The van der Waals surface area contributed by atoms with Crippen LogP contribution in [0.4, 0.5) is 0 Å². The van der Waals surface area contributed by atoms with Crippen molar-refractivity contribution in [3.63, 3.8) is 0 Å². The van der Waals surface area contributed by atoms with Crippen LogP contribution >= 0.6 is 0 Å². The number of aromatic nitrogens is 2. The van der Waals surface area contributed by atoms with Crippen LogP contribution in [0.1, 0.15) is 38.4 Å². The Morgan fingerprint density at radius 1 is 1.41 bits per heavy atom. The molecule has 0 spiro atoms. The minimum atomic E-state index is -3.24. The molecule has 3 rings (SSSR count). The van der Waals surface area contributed by atoms with Gasteiger partial charge in [-0.1, -0.05) is 0 Å². The van der Waals surface area contributed by atoms with Crippen molar-refractivity contribution in [3.8, 4) is 0 Å². The second-order valence-electron chi connectivity index (χ2n) is 6.41. The first-order valence-corrected chi connectivity index (χ1v) is 9.59. The van der Waals surface area contributed by atoms with E-state index in [-0.39, 0.29) is 17.4 Å². The topological polar surface area (TPSA) is 64.4 Å². The summed E-state index contributed by atoms with van der Waals surface area (Å²) in [4.78, 5) is 4.22. The molecule has 0 amide bonds. The summed E-state index contributed by atoms with van der Waals surface area (Å²) < 4.78 is 35.3. The Bertz CT molecular complexity index is 613. The maximum Gasteiger partial charge on any atom is 0.217 e. The second-order valence-corrected chi connectivity index (χ2v) is 8.57. The molecule has 1 aromatic heterocycles. The van der Waals surface area contributed by atoms with E-state index in [1.807, 2.05) is 24.6 Å². The van der Waals surface area contributed by atoms with E-state index >= 15 is 0 Å². The van der Waals surface area contributed by atoms with E-state index < -0.39 is 10.0 Å². The van der Waals surface area contributed by atoms with Gasteiger partial charge in [-0.05, 0) is 39.5 Å². The molecule has 7 heteroatoms. The summed E-state index contributed by atoms with van der Waals surface area (Å²) in [6, 6.07) is 0.0519. The van der Waals surface area contributed by atoms with E-state index in [1.54, 1.807) is 10.5 Å². The highest BCUT2D eigenvalue weighted by Gasteiger charge is 2.41. The van der Waals surface area contributed by atoms with E-state index in [4.69, 9.17) is 4.74 Å². The van der Waals surface area contributed by atoms with Gasteiger partial charge in [0.1, 0.15) is 5.82 Å². The van der Waals surface area contributed by atoms with Crippen LogP contribution in [0.15, 0.2) is 12.4 Å². The van der Waals surface area contributed by atoms with Gasteiger partial charge in [0, 0.05) is 38.1 Å². The van der Waals surface area contributed by atoms with Crippen molar-refractivity contribution in [2.45, 2.75) is 63.5 Å². The molecule has 0 aromatic carbocycles. The van der Waals surface area contributed by atoms with Crippen LogP contribution < -0.4 is 0 Å². The van der Waals surface area contributed by atoms with E-state index in [9.17, 15) is 8.42 Å². The van der Waals surface area contributed by atoms with Crippen LogP contribution in [-0.4, -0.2) is 52.8 Å². The van der Waals surface area contributed by atoms with Gasteiger partial charge >= 0.3 is 0 Å². The number of aryl methyl sites for hydroxylation is 1. The first-order chi connectivity index (χ1) is 10.5. The monoisotopic (exact) mass is 327 g/mol. The molecule has 1 aromatic rings. The van der Waals surface area contributed by atoms with Crippen molar-refractivity contribution in [2.75, 3.05) is 13.2 Å². The molecule has 3 heterocycles. The summed E-state index contributed by atoms with van der Waals surface area (Å²) in [5.74, 6) is 0.934. The van der Waals surface area contributed by atoms with E-state index in [0.29, 0.717) is 32.5 Å². The average molecular weight is 327 g/mol. The molecule has 0 radical (unpaired) electrons. The highest BCUT2D eigenvalue weighted by Crippen LogP contribution is 2.30. The van der Waals surface area contributed by atoms with Gasteiger partial charge in [0.05, 0.1) is 11.4 Å². The van der Waals surface area contributed by atoms with Gasteiger partial charge in [0.2, 0.25) is 10.0 Å². The molecule has 0 saturated carbocycles. The van der Waals surface area contributed by atoms with E-state index in [2.05, 4.69) is 4.98 Å². The number of ether oxygens (including phenoxy) is 1. The minimum Gasteiger partial charge on any atom is -0.378 e. The lowest BCUT2D eigenvalue weighted by Crippen LogP contribution is -2.46. The lowest BCUT2D eigenvalue weighted by Gasteiger charge is -2.33. The van der Waals surface area contributed by atoms with Gasteiger partial charge in [-0.3, -0.25) is 0 Å². The molecule has 2 aliphatic heterocycles. The Morgan fingerprint density at radius 3 is 2.91 bits per heavy atom. The average Bonchev–Trinajstić information content (AvgIpc) is 3.10. The summed E-state index contributed by atoms with van der Waals surface area (Å²) in [6.45, 7) is 5.80. The molecule has 0 unspecified atom stereocenters. The summed E-state index contributed by atoms with van der Waals surface area (Å²) >= 11 is 0. The molecule has 6 nitrogen and oxygen atoms in total. The van der Waals surface area contributed by atoms with Crippen LogP contribution in [0.25, 0.3) is 0 Å². The van der Waals surface area contributed by atoms with Gasteiger partial charge in [-0.2, -0.15) is 4.31 Å². The summed E-state index contributed by atoms with van der Waals surface area (Å²) in [5, 5.41) is -0.291. The van der Waals surface area contributed by atoms with Crippen LogP contribution in [0.5, 0.6) is 0 Å². The third-order valence-corrected chi connectivity index (χ3v) is 7.24. The van der Waals surface area contributed by atoms with Gasteiger partial charge in [-0.25, -0.2) is 13.4 Å². The molecule has 0 aliphatic carbocycles. The van der Waals surface area contributed by atoms with Crippen LogP contribution in [0.3, 0.4) is 0 Å². The van der Waals surface area contributed by atoms with Crippen molar-refractivity contribution in [3.05, 3.63) is 18.2 Å². The highest BCUT2D eigenvalue weighted by molar-refractivity contribution is 7.89. The Kier molecular flexibility index (Phi) is 4.56. The third kappa shape index (κ3) is 3.07. The third-order valence-electron chi connectivity index (χ3n) is 4.84. The summed E-state index contributed by atoms with van der Waals surface area (Å²) in [6.07, 6.45) is 6.81. The normalized spacial score (nSPS) is 30.7. The van der Waals surface area contributed by atoms with E-state index in [1.165, 1.54) is 0 Å². The Balaban J connectivity index is 1.75. The van der Waals surface area contributed by atoms with Crippen molar-refractivity contribution < 1.29 is 13.2 Å². The standard InChI is InChI=1S/C15H25N3O3S/c1-12-10-15(5-9-21-12)22(19,20)18-7-3-4-14(18)11-17-8-6-16-13(17)2/h6,8,12,14-15H,3-5,7,9-11H2,1-2H3/t12-,14-,15-/m0/s1. The SMILES string of the molecule is Cc1nccn1C[C@@H]1CCCN1S(=O)(=O)[C@H]1CCO[C@@H](C)C1. The first-order valence-electron chi connectivity index (χ1n) is 8.08. The molecule has 22 heavy (non-hydrogen) atoms. The number of imidazole rings is 1. The number of sulfonamides is 1. The zero-order valence-electron chi connectivity index (χ0n) is 13.3. The molecule has 0 bridgehead atoms. The largest absolute Gasteiger partial charge is 0.378 e. The zero-order chi connectivity index (χ0) is 15.7. The maximum absolute atomic E-state index is 13.0. The first kappa shape index (κ1) is 16.0. The summed E-state index contributed by atoms with van der Waals surface area (Å²) in [5.41, 5.74) is 0. The van der Waals surface area contributed by atoms with Crippen LogP contribution in [0, 0.1) is 6.92 Å². The van der Waals surface area contributed by atoms with E-state index in [0.717, 1.165) is 18.7 Å². The molecular formula is C15H25N3O3S. The number of hydrogen-bond donors (Lipinski definition) is 0. The van der Waals surface area contributed by atoms with Crippen molar-refractivity contribution in [2.24, 2.45) is 0 Å². The smallest absolute Gasteiger partial charge is 0.217 e. The molecule has 2 fully saturated rings. The fraction of sp³-hybridized carbons (Fsp3) is 0.800. The van der Waals surface area contributed by atoms with Crippen molar-refractivity contribution in [1.82, 2.24) is 13.9 Å². The number of hydrogen-bond acceptors (Lipinski definition) is 4.